The van der Waals surface area contributed by atoms with Crippen molar-refractivity contribution in [1.82, 2.24) is 20.0 Å². The molecule has 7 nitrogen and oxygen atoms in total. The number of fused-ring (bicyclic) bond motifs is 1. The van der Waals surface area contributed by atoms with Gasteiger partial charge in [-0.2, -0.15) is 5.10 Å². The number of ether oxygens (including phenoxy) is 1. The second-order valence-electron chi connectivity index (χ2n) is 8.39. The molecule has 26 heavy (non-hydrogen) atoms. The minimum Gasteiger partial charge on any atom is -0.444 e. The zero-order chi connectivity index (χ0) is 18.9. The molecular weight excluding hydrogens is 332 g/mol. The summed E-state index contributed by atoms with van der Waals surface area (Å²) in [5.41, 5.74) is 1.82. The maximum absolute atomic E-state index is 12.8. The van der Waals surface area contributed by atoms with Crippen LogP contribution in [-0.2, 0) is 23.0 Å². The quantitative estimate of drug-likeness (QED) is 0.877. The van der Waals surface area contributed by atoms with Gasteiger partial charge in [-0.25, -0.2) is 4.79 Å². The molecular formula is C19H30N4O3. The minimum absolute atomic E-state index is 0.0249. The molecule has 1 aromatic heterocycles. The Balaban J connectivity index is 1.61. The number of piperidine rings is 1. The highest BCUT2D eigenvalue weighted by Gasteiger charge is 2.33. The van der Waals surface area contributed by atoms with E-state index in [1.165, 1.54) is 5.69 Å². The Hall–Kier alpha value is -2.05. The van der Waals surface area contributed by atoms with Crippen LogP contribution in [0.25, 0.3) is 0 Å². The maximum atomic E-state index is 12.8. The first kappa shape index (κ1) is 18.7. The standard InChI is InChI=1S/C19H30N4O3/c1-19(2,3)26-18(25)23-10-6-7-13(12-23)17(24)21-15-8-5-9-16-14(15)11-20-22(16)4/h11,13,15H,5-10,12H2,1-4H3,(H,21,24). The highest BCUT2D eigenvalue weighted by molar-refractivity contribution is 5.80. The van der Waals surface area contributed by atoms with Crippen molar-refractivity contribution in [3.63, 3.8) is 0 Å². The van der Waals surface area contributed by atoms with Gasteiger partial charge >= 0.3 is 6.09 Å². The van der Waals surface area contributed by atoms with E-state index in [9.17, 15) is 9.59 Å². The van der Waals surface area contributed by atoms with Crippen LogP contribution in [0.1, 0.15) is 63.8 Å². The van der Waals surface area contributed by atoms with Crippen LogP contribution >= 0.6 is 0 Å². The van der Waals surface area contributed by atoms with Gasteiger partial charge in [0, 0.05) is 31.4 Å². The summed E-state index contributed by atoms with van der Waals surface area (Å²) >= 11 is 0. The summed E-state index contributed by atoms with van der Waals surface area (Å²) in [7, 11) is 1.95. The maximum Gasteiger partial charge on any atom is 0.410 e. The van der Waals surface area contributed by atoms with E-state index in [0.29, 0.717) is 13.1 Å². The molecule has 144 valence electrons. The summed E-state index contributed by atoms with van der Waals surface area (Å²) < 4.78 is 7.35. The molecule has 1 aliphatic carbocycles. The molecule has 1 aromatic rings. The number of amides is 2. The van der Waals surface area contributed by atoms with Gasteiger partial charge in [-0.05, 0) is 52.9 Å². The van der Waals surface area contributed by atoms with Crippen LogP contribution in [0.3, 0.4) is 0 Å². The lowest BCUT2D eigenvalue weighted by Crippen LogP contribution is -2.47. The fraction of sp³-hybridized carbons (Fsp3) is 0.737. The number of hydrogen-bond donors (Lipinski definition) is 1. The second kappa shape index (κ2) is 7.29. The first-order valence-corrected chi connectivity index (χ1v) is 9.53. The van der Waals surface area contributed by atoms with E-state index in [1.807, 2.05) is 38.7 Å². The van der Waals surface area contributed by atoms with Gasteiger partial charge in [0.25, 0.3) is 0 Å². The van der Waals surface area contributed by atoms with Crippen molar-refractivity contribution in [3.05, 3.63) is 17.5 Å². The minimum atomic E-state index is -0.523. The highest BCUT2D eigenvalue weighted by Crippen LogP contribution is 2.30. The predicted molar refractivity (Wildman–Crippen MR) is 97.6 cm³/mol. The topological polar surface area (TPSA) is 76.5 Å². The van der Waals surface area contributed by atoms with Crippen LogP contribution in [0.2, 0.25) is 0 Å². The summed E-state index contributed by atoms with van der Waals surface area (Å²) in [6.45, 7) is 6.64. The van der Waals surface area contributed by atoms with E-state index in [2.05, 4.69) is 10.4 Å². The van der Waals surface area contributed by atoms with Crippen LogP contribution in [0.5, 0.6) is 0 Å². The number of likely N-dealkylation sites (tertiary alicyclic amines) is 1. The van der Waals surface area contributed by atoms with Gasteiger partial charge in [0.15, 0.2) is 0 Å². The molecule has 2 amide bonds. The van der Waals surface area contributed by atoms with Gasteiger partial charge in [0.2, 0.25) is 5.91 Å². The molecule has 2 unspecified atom stereocenters. The summed E-state index contributed by atoms with van der Waals surface area (Å²) in [6.07, 6.45) is 6.15. The van der Waals surface area contributed by atoms with Crippen molar-refractivity contribution in [2.75, 3.05) is 13.1 Å². The summed E-state index contributed by atoms with van der Waals surface area (Å²) in [5, 5.41) is 7.53. The Morgan fingerprint density at radius 1 is 1.27 bits per heavy atom. The van der Waals surface area contributed by atoms with E-state index in [-0.39, 0.29) is 24.0 Å². The molecule has 0 radical (unpaired) electrons. The molecule has 1 aliphatic heterocycles. The molecule has 0 saturated carbocycles. The SMILES string of the molecule is Cn1ncc2c1CCCC2NC(=O)C1CCCN(C(=O)OC(C)(C)C)C1. The van der Waals surface area contributed by atoms with Crippen LogP contribution in [0.4, 0.5) is 4.79 Å². The molecule has 1 N–H and O–H groups in total. The Morgan fingerprint density at radius 3 is 2.77 bits per heavy atom. The second-order valence-corrected chi connectivity index (χ2v) is 8.39. The Morgan fingerprint density at radius 2 is 2.04 bits per heavy atom. The van der Waals surface area contributed by atoms with Gasteiger partial charge < -0.3 is 15.0 Å². The Bertz CT molecular complexity index is 677. The zero-order valence-electron chi connectivity index (χ0n) is 16.2. The lowest BCUT2D eigenvalue weighted by Gasteiger charge is -2.34. The van der Waals surface area contributed by atoms with E-state index in [1.54, 1.807) is 4.90 Å². The average molecular weight is 362 g/mol. The molecule has 2 heterocycles. The van der Waals surface area contributed by atoms with E-state index < -0.39 is 5.60 Å². The fourth-order valence-corrected chi connectivity index (χ4v) is 3.83. The predicted octanol–water partition coefficient (Wildman–Crippen LogP) is 2.56. The van der Waals surface area contributed by atoms with Crippen molar-refractivity contribution in [3.8, 4) is 0 Å². The van der Waals surface area contributed by atoms with Crippen LogP contribution in [0.15, 0.2) is 6.20 Å². The highest BCUT2D eigenvalue weighted by atomic mass is 16.6. The van der Waals surface area contributed by atoms with Gasteiger partial charge in [0.05, 0.1) is 18.2 Å². The molecule has 0 aromatic carbocycles. The summed E-state index contributed by atoms with van der Waals surface area (Å²) in [4.78, 5) is 26.8. The number of nitrogens with zero attached hydrogens (tertiary/aromatic N) is 3. The summed E-state index contributed by atoms with van der Waals surface area (Å²) in [6, 6.07) is 0.0249. The van der Waals surface area contributed by atoms with Crippen LogP contribution in [-0.4, -0.2) is 45.4 Å². The largest absolute Gasteiger partial charge is 0.444 e. The molecule has 2 aliphatic rings. The van der Waals surface area contributed by atoms with Gasteiger partial charge in [-0.1, -0.05) is 0 Å². The summed E-state index contributed by atoms with van der Waals surface area (Å²) in [5.74, 6) is -0.154. The van der Waals surface area contributed by atoms with E-state index in [4.69, 9.17) is 4.74 Å². The third-order valence-electron chi connectivity index (χ3n) is 5.14. The first-order chi connectivity index (χ1) is 12.2. The van der Waals surface area contributed by atoms with Gasteiger partial charge in [-0.15, -0.1) is 0 Å². The van der Waals surface area contributed by atoms with Crippen molar-refractivity contribution < 1.29 is 14.3 Å². The number of aromatic nitrogens is 2. The number of nitrogens with one attached hydrogen (secondary N) is 1. The van der Waals surface area contributed by atoms with Gasteiger partial charge in [0.1, 0.15) is 5.60 Å². The third-order valence-corrected chi connectivity index (χ3v) is 5.14. The number of aryl methyl sites for hydroxylation is 1. The molecule has 1 saturated heterocycles. The molecule has 3 rings (SSSR count). The smallest absolute Gasteiger partial charge is 0.410 e. The molecule has 0 spiro atoms. The van der Waals surface area contributed by atoms with Crippen molar-refractivity contribution >= 4 is 12.0 Å². The Kier molecular flexibility index (Phi) is 5.25. The van der Waals surface area contributed by atoms with E-state index in [0.717, 1.165) is 37.7 Å². The fourth-order valence-electron chi connectivity index (χ4n) is 3.83. The molecule has 7 heteroatoms. The lowest BCUT2D eigenvalue weighted by atomic mass is 9.91. The third kappa shape index (κ3) is 4.19. The van der Waals surface area contributed by atoms with Crippen LogP contribution in [0, 0.1) is 5.92 Å². The van der Waals surface area contributed by atoms with Crippen LogP contribution < -0.4 is 5.32 Å². The molecule has 1 fully saturated rings. The molecule has 2 atom stereocenters. The van der Waals surface area contributed by atoms with E-state index >= 15 is 0 Å². The monoisotopic (exact) mass is 362 g/mol. The van der Waals surface area contributed by atoms with Crippen molar-refractivity contribution in [2.45, 2.75) is 64.5 Å². The Labute approximate surface area is 155 Å². The number of carbonyl (C=O) groups is 2. The number of hydrogen-bond acceptors (Lipinski definition) is 4. The average Bonchev–Trinajstić information content (AvgIpc) is 2.96. The van der Waals surface area contributed by atoms with Crippen molar-refractivity contribution in [1.29, 1.82) is 0 Å². The lowest BCUT2D eigenvalue weighted by molar-refractivity contribution is -0.127. The van der Waals surface area contributed by atoms with Gasteiger partial charge in [-0.3, -0.25) is 9.48 Å². The first-order valence-electron chi connectivity index (χ1n) is 9.53. The normalized spacial score (nSPS) is 23.3. The van der Waals surface area contributed by atoms with Crippen molar-refractivity contribution in [2.24, 2.45) is 13.0 Å². The molecule has 0 bridgehead atoms. The number of carbonyl (C=O) groups excluding carboxylic acids is 2. The zero-order valence-corrected chi connectivity index (χ0v) is 16.2. The number of rotatable bonds is 2.